The van der Waals surface area contributed by atoms with Crippen LogP contribution in [0.4, 0.5) is 0 Å². The van der Waals surface area contributed by atoms with Crippen molar-refractivity contribution in [1.82, 2.24) is 0 Å². The molecule has 4 aromatic heterocycles. The van der Waals surface area contributed by atoms with Crippen LogP contribution in [0.25, 0.3) is 40.0 Å². The van der Waals surface area contributed by atoms with Crippen LogP contribution < -0.4 is 9.47 Å². The summed E-state index contributed by atoms with van der Waals surface area (Å²) in [5.74, 6) is 1.86. The molecule has 1 aromatic carbocycles. The van der Waals surface area contributed by atoms with E-state index in [0.29, 0.717) is 11.5 Å². The molecule has 8 heteroatoms. The van der Waals surface area contributed by atoms with Gasteiger partial charge in [0.1, 0.15) is 16.4 Å². The monoisotopic (exact) mass is 937 g/mol. The van der Waals surface area contributed by atoms with Crippen molar-refractivity contribution in [3.8, 4) is 21.3 Å². The fourth-order valence-electron chi connectivity index (χ4n) is 8.94. The minimum Gasteiger partial charge on any atom is -0.491 e. The lowest BCUT2D eigenvalue weighted by Crippen LogP contribution is -2.04. The summed E-state index contributed by atoms with van der Waals surface area (Å²) in [7, 11) is 0. The molecule has 0 N–H and O–H groups in total. The Kier molecular flexibility index (Phi) is 24.9. The van der Waals surface area contributed by atoms with Crippen LogP contribution in [0.2, 0.25) is 0 Å². The van der Waals surface area contributed by atoms with E-state index in [1.165, 1.54) is 217 Å². The number of hydrogen-bond donors (Lipinski definition) is 0. The summed E-state index contributed by atoms with van der Waals surface area (Å²) >= 11 is 7.10. The Balaban J connectivity index is 1.26. The first-order valence-electron chi connectivity index (χ1n) is 25.9. The molecule has 0 atom stereocenters. The molecule has 63 heavy (non-hydrogen) atoms. The highest BCUT2D eigenvalue weighted by atomic mass is 32.1. The van der Waals surface area contributed by atoms with Crippen molar-refractivity contribution in [2.45, 2.75) is 227 Å². The zero-order valence-electron chi connectivity index (χ0n) is 40.3. The Hall–Kier alpha value is -2.13. The van der Waals surface area contributed by atoms with E-state index >= 15 is 0 Å². The summed E-state index contributed by atoms with van der Waals surface area (Å²) in [4.78, 5) is 19.1. The second-order valence-electron chi connectivity index (χ2n) is 18.3. The van der Waals surface area contributed by atoms with Gasteiger partial charge in [0.2, 0.25) is 0 Å². The third-order valence-electron chi connectivity index (χ3n) is 12.7. The number of hydrogen-bond acceptors (Lipinski definition) is 8. The fraction of sp³-hybridized carbons (Fsp3) is 0.691. The maximum atomic E-state index is 13.4. The fourth-order valence-corrected chi connectivity index (χ4v) is 13.5. The van der Waals surface area contributed by atoms with Crippen molar-refractivity contribution in [3.63, 3.8) is 0 Å². The van der Waals surface area contributed by atoms with E-state index in [0.717, 1.165) is 50.4 Å². The van der Waals surface area contributed by atoms with Gasteiger partial charge in [-0.25, -0.2) is 4.79 Å². The van der Waals surface area contributed by atoms with Gasteiger partial charge in [-0.15, -0.1) is 45.3 Å². The van der Waals surface area contributed by atoms with Crippen LogP contribution in [0.5, 0.6) is 11.5 Å². The van der Waals surface area contributed by atoms with Gasteiger partial charge in [0, 0.05) is 35.5 Å². The van der Waals surface area contributed by atoms with E-state index in [1.54, 1.807) is 11.3 Å². The Labute approximate surface area is 399 Å². The summed E-state index contributed by atoms with van der Waals surface area (Å²) < 4.78 is 23.2. The molecule has 5 aromatic rings. The summed E-state index contributed by atoms with van der Waals surface area (Å²) in [6.45, 7) is 13.2. The molecule has 0 aliphatic heterocycles. The number of unbranched alkanes of at least 4 members (excludes halogenated alkanes) is 27. The van der Waals surface area contributed by atoms with Gasteiger partial charge in [0.05, 0.1) is 34.1 Å². The quantitative estimate of drug-likeness (QED) is 0.0294. The molecule has 0 saturated heterocycles. The van der Waals surface area contributed by atoms with Gasteiger partial charge in [-0.3, -0.25) is 0 Å². The van der Waals surface area contributed by atoms with Crippen molar-refractivity contribution in [2.75, 3.05) is 19.8 Å². The van der Waals surface area contributed by atoms with Crippen LogP contribution >= 0.6 is 45.3 Å². The van der Waals surface area contributed by atoms with Crippen molar-refractivity contribution in [2.24, 2.45) is 0 Å². The number of aryl methyl sites for hydroxylation is 2. The highest BCUT2D eigenvalue weighted by Gasteiger charge is 2.25. The second-order valence-corrected chi connectivity index (χ2v) is 22.9. The smallest absolute Gasteiger partial charge is 0.348 e. The first-order chi connectivity index (χ1) is 31.0. The average Bonchev–Trinajstić information content (AvgIpc) is 4.08. The molecule has 4 heterocycles. The summed E-state index contributed by atoms with van der Waals surface area (Å²) in [5.41, 5.74) is 0. The Morgan fingerprint density at radius 2 is 0.841 bits per heavy atom. The van der Waals surface area contributed by atoms with E-state index in [9.17, 15) is 4.79 Å². The van der Waals surface area contributed by atoms with Crippen LogP contribution in [-0.2, 0) is 4.74 Å². The van der Waals surface area contributed by atoms with Crippen LogP contribution in [0, 0.1) is 13.8 Å². The maximum Gasteiger partial charge on any atom is 0.348 e. The van der Waals surface area contributed by atoms with Crippen LogP contribution in [0.1, 0.15) is 233 Å². The Bertz CT molecular complexity index is 1930. The van der Waals surface area contributed by atoms with Gasteiger partial charge >= 0.3 is 5.97 Å². The van der Waals surface area contributed by atoms with Crippen molar-refractivity contribution >= 4 is 81.6 Å². The van der Waals surface area contributed by atoms with Gasteiger partial charge in [0.15, 0.2) is 0 Å². The topological polar surface area (TPSA) is 44.8 Å². The van der Waals surface area contributed by atoms with E-state index in [-0.39, 0.29) is 5.97 Å². The number of rotatable bonds is 37. The van der Waals surface area contributed by atoms with Crippen LogP contribution in [0.15, 0.2) is 18.2 Å². The van der Waals surface area contributed by atoms with Crippen molar-refractivity contribution < 1.29 is 19.0 Å². The van der Waals surface area contributed by atoms with E-state index < -0.39 is 0 Å². The van der Waals surface area contributed by atoms with Gasteiger partial charge in [-0.05, 0) is 51.3 Å². The van der Waals surface area contributed by atoms with Gasteiger partial charge in [0.25, 0.3) is 0 Å². The molecule has 5 rings (SSSR count). The minimum atomic E-state index is -0.181. The molecule has 0 unspecified atom stereocenters. The normalized spacial score (nSPS) is 11.8. The molecular weight excluding hydrogens is 853 g/mol. The SMILES string of the molecule is CCCCCCCCCCCCOC(=O)c1cc2c(-c3cc4c(OCCCCCCCCCCCC)c5sc(C)cc5c(OCCCCCCCCCCCC)c4s3)sc(C)c2s1. The number of thiophene rings is 4. The maximum absolute atomic E-state index is 13.4. The molecule has 0 bridgehead atoms. The van der Waals surface area contributed by atoms with Gasteiger partial charge in [-0.1, -0.05) is 194 Å². The standard InChI is InChI=1S/C55H84O4S4/c1-6-9-12-15-18-21-24-27-30-33-36-57-49-44-39-42(4)60-53(44)50(58-37-34-31-28-25-22-19-16-13-10-7-2)45-40-47(62-54(45)49)52-46-41-48(63-51(46)43(5)61-52)55(56)59-38-35-32-29-26-23-20-17-14-11-8-3/h39-41H,6-38H2,1-5H3. The summed E-state index contributed by atoms with van der Waals surface area (Å²) in [5, 5.41) is 3.53. The van der Waals surface area contributed by atoms with E-state index in [2.05, 4.69) is 52.8 Å². The average molecular weight is 938 g/mol. The number of carbonyl (C=O) groups is 1. The summed E-state index contributed by atoms with van der Waals surface area (Å²) in [6, 6.07) is 6.78. The highest BCUT2D eigenvalue weighted by molar-refractivity contribution is 7.30. The van der Waals surface area contributed by atoms with Gasteiger partial charge < -0.3 is 14.2 Å². The minimum absolute atomic E-state index is 0.181. The molecule has 0 aliphatic rings. The highest BCUT2D eigenvalue weighted by Crippen LogP contribution is 2.53. The zero-order chi connectivity index (χ0) is 44.5. The molecular formula is C55H84O4S4. The molecule has 4 nitrogen and oxygen atoms in total. The van der Waals surface area contributed by atoms with Gasteiger partial charge in [-0.2, -0.15) is 0 Å². The molecule has 0 radical (unpaired) electrons. The lowest BCUT2D eigenvalue weighted by atomic mass is 10.1. The molecule has 0 aliphatic carbocycles. The van der Waals surface area contributed by atoms with Crippen molar-refractivity contribution in [3.05, 3.63) is 32.8 Å². The Morgan fingerprint density at radius 3 is 1.32 bits per heavy atom. The third kappa shape index (κ3) is 16.9. The first-order valence-corrected chi connectivity index (χ1v) is 29.2. The first kappa shape index (κ1) is 51.8. The number of esters is 1. The summed E-state index contributed by atoms with van der Waals surface area (Å²) in [6.07, 6.45) is 39.0. The predicted molar refractivity (Wildman–Crippen MR) is 282 cm³/mol. The Morgan fingerprint density at radius 1 is 0.429 bits per heavy atom. The number of ether oxygens (including phenoxy) is 3. The van der Waals surface area contributed by atoms with Crippen LogP contribution in [-0.4, -0.2) is 25.8 Å². The number of fused-ring (bicyclic) bond motifs is 3. The zero-order valence-corrected chi connectivity index (χ0v) is 43.6. The lowest BCUT2D eigenvalue weighted by molar-refractivity contribution is 0.0503. The molecule has 0 amide bonds. The molecule has 0 spiro atoms. The largest absolute Gasteiger partial charge is 0.491 e. The lowest BCUT2D eigenvalue weighted by Gasteiger charge is -2.14. The van der Waals surface area contributed by atoms with Crippen LogP contribution in [0.3, 0.4) is 0 Å². The van der Waals surface area contributed by atoms with E-state index in [1.807, 2.05) is 34.0 Å². The third-order valence-corrected chi connectivity index (χ3v) is 17.5. The predicted octanol–water partition coefficient (Wildman–Crippen LogP) is 20.4. The number of carbonyl (C=O) groups excluding carboxylic acids is 1. The van der Waals surface area contributed by atoms with E-state index in [4.69, 9.17) is 14.2 Å². The van der Waals surface area contributed by atoms with Crippen molar-refractivity contribution in [1.29, 1.82) is 0 Å². The molecule has 0 saturated carbocycles. The molecule has 352 valence electrons. The molecule has 0 fully saturated rings. The second kappa shape index (κ2) is 30.2. The number of benzene rings is 1.